The average Bonchev–Trinajstić information content (AvgIpc) is 2.31. The fourth-order valence-electron chi connectivity index (χ4n) is 2.59. The van der Waals surface area contributed by atoms with E-state index in [4.69, 9.17) is 0 Å². The van der Waals surface area contributed by atoms with Crippen molar-refractivity contribution in [3.8, 4) is 0 Å². The van der Waals surface area contributed by atoms with Gasteiger partial charge in [0, 0.05) is 4.47 Å². The van der Waals surface area contributed by atoms with E-state index in [2.05, 4.69) is 52.0 Å². The van der Waals surface area contributed by atoms with Crippen LogP contribution in [0.5, 0.6) is 0 Å². The van der Waals surface area contributed by atoms with E-state index in [-0.39, 0.29) is 0 Å². The lowest BCUT2D eigenvalue weighted by Crippen LogP contribution is -2.33. The summed E-state index contributed by atoms with van der Waals surface area (Å²) in [7, 11) is 0. The van der Waals surface area contributed by atoms with Crippen molar-refractivity contribution >= 4 is 15.9 Å². The molecule has 0 saturated carbocycles. The van der Waals surface area contributed by atoms with Crippen molar-refractivity contribution in [2.24, 2.45) is 0 Å². The van der Waals surface area contributed by atoms with Crippen LogP contribution in [0.15, 0.2) is 28.7 Å². The Bertz CT molecular complexity index is 329. The Kier molecular flexibility index (Phi) is 4.42. The number of hydrogen-bond acceptors (Lipinski definition) is 1. The van der Waals surface area contributed by atoms with E-state index in [1.807, 2.05) is 0 Å². The molecule has 0 N–H and O–H groups in total. The zero-order valence-electron chi connectivity index (χ0n) is 9.95. The van der Waals surface area contributed by atoms with E-state index in [9.17, 15) is 0 Å². The summed E-state index contributed by atoms with van der Waals surface area (Å²) in [5.41, 5.74) is 1.50. The van der Waals surface area contributed by atoms with Crippen LogP contribution in [0.3, 0.4) is 0 Å². The van der Waals surface area contributed by atoms with Crippen molar-refractivity contribution in [2.45, 2.75) is 32.1 Å². The van der Waals surface area contributed by atoms with E-state index in [1.54, 1.807) is 0 Å². The zero-order chi connectivity index (χ0) is 11.4. The van der Waals surface area contributed by atoms with Crippen molar-refractivity contribution in [1.82, 2.24) is 4.90 Å². The molecule has 2 heteroatoms. The Labute approximate surface area is 107 Å². The van der Waals surface area contributed by atoms with E-state index >= 15 is 0 Å². The molecule has 2 rings (SSSR count). The predicted octanol–water partition coefficient (Wildman–Crippen LogP) is 4.04. The van der Waals surface area contributed by atoms with Gasteiger partial charge in [-0.1, -0.05) is 41.1 Å². The second kappa shape index (κ2) is 5.83. The summed E-state index contributed by atoms with van der Waals surface area (Å²) >= 11 is 3.66. The van der Waals surface area contributed by atoms with Crippen molar-refractivity contribution in [1.29, 1.82) is 0 Å². The number of hydrogen-bond donors (Lipinski definition) is 0. The maximum absolute atomic E-state index is 3.66. The first kappa shape index (κ1) is 12.1. The van der Waals surface area contributed by atoms with Crippen molar-refractivity contribution < 1.29 is 0 Å². The fraction of sp³-hybridized carbons (Fsp3) is 0.571. The number of halogens is 1. The maximum Gasteiger partial charge on any atom is 0.0210 e. The van der Waals surface area contributed by atoms with Gasteiger partial charge in [-0.3, -0.25) is 0 Å². The molecule has 0 aliphatic carbocycles. The Balaban J connectivity index is 1.96. The van der Waals surface area contributed by atoms with Crippen LogP contribution in [0.2, 0.25) is 0 Å². The van der Waals surface area contributed by atoms with Gasteiger partial charge < -0.3 is 4.90 Å². The second-order valence-corrected chi connectivity index (χ2v) is 5.49. The highest BCUT2D eigenvalue weighted by Gasteiger charge is 2.21. The first-order chi connectivity index (χ1) is 7.81. The SMILES string of the molecule is CCCN1CCC(c2ccccc2Br)CC1. The number of benzene rings is 1. The minimum Gasteiger partial charge on any atom is -0.303 e. The van der Waals surface area contributed by atoms with Gasteiger partial charge in [0.25, 0.3) is 0 Å². The molecule has 0 spiro atoms. The molecule has 0 aromatic heterocycles. The molecule has 0 atom stereocenters. The lowest BCUT2D eigenvalue weighted by atomic mass is 9.89. The molecule has 0 radical (unpaired) electrons. The van der Waals surface area contributed by atoms with Gasteiger partial charge in [0.05, 0.1) is 0 Å². The topological polar surface area (TPSA) is 3.24 Å². The highest BCUT2D eigenvalue weighted by molar-refractivity contribution is 9.10. The van der Waals surface area contributed by atoms with Gasteiger partial charge in [-0.2, -0.15) is 0 Å². The van der Waals surface area contributed by atoms with Gasteiger partial charge >= 0.3 is 0 Å². The van der Waals surface area contributed by atoms with Gasteiger partial charge in [0.15, 0.2) is 0 Å². The molecule has 0 amide bonds. The Morgan fingerprint density at radius 3 is 2.56 bits per heavy atom. The van der Waals surface area contributed by atoms with Crippen LogP contribution < -0.4 is 0 Å². The van der Waals surface area contributed by atoms with Crippen molar-refractivity contribution in [2.75, 3.05) is 19.6 Å². The number of rotatable bonds is 3. The van der Waals surface area contributed by atoms with Gasteiger partial charge in [0.2, 0.25) is 0 Å². The molecule has 1 nitrogen and oxygen atoms in total. The monoisotopic (exact) mass is 281 g/mol. The fourth-order valence-corrected chi connectivity index (χ4v) is 3.20. The summed E-state index contributed by atoms with van der Waals surface area (Å²) in [5.74, 6) is 0.753. The predicted molar refractivity (Wildman–Crippen MR) is 72.8 cm³/mol. The van der Waals surface area contributed by atoms with Gasteiger partial charge in [0.1, 0.15) is 0 Å². The second-order valence-electron chi connectivity index (χ2n) is 4.64. The van der Waals surface area contributed by atoms with Crippen molar-refractivity contribution in [3.63, 3.8) is 0 Å². The maximum atomic E-state index is 3.66. The number of piperidine rings is 1. The molecule has 1 heterocycles. The van der Waals surface area contributed by atoms with Crippen LogP contribution in [0.4, 0.5) is 0 Å². The van der Waals surface area contributed by atoms with Gasteiger partial charge in [-0.05, 0) is 56.4 Å². The lowest BCUT2D eigenvalue weighted by molar-refractivity contribution is 0.212. The molecule has 0 unspecified atom stereocenters. The highest BCUT2D eigenvalue weighted by atomic mass is 79.9. The third-order valence-electron chi connectivity index (χ3n) is 3.47. The van der Waals surface area contributed by atoms with Gasteiger partial charge in [-0.25, -0.2) is 0 Å². The Morgan fingerprint density at radius 1 is 1.25 bits per heavy atom. The molecule has 1 aliphatic heterocycles. The van der Waals surface area contributed by atoms with Crippen LogP contribution in [0, 0.1) is 0 Å². The Hall–Kier alpha value is -0.340. The number of likely N-dealkylation sites (tertiary alicyclic amines) is 1. The molecule has 88 valence electrons. The minimum atomic E-state index is 0.753. The molecular formula is C14H20BrN. The van der Waals surface area contributed by atoms with E-state index in [1.165, 1.54) is 48.9 Å². The minimum absolute atomic E-state index is 0.753. The summed E-state index contributed by atoms with van der Waals surface area (Å²) in [6.07, 6.45) is 3.89. The summed E-state index contributed by atoms with van der Waals surface area (Å²) in [6, 6.07) is 8.68. The summed E-state index contributed by atoms with van der Waals surface area (Å²) in [5, 5.41) is 0. The number of nitrogens with zero attached hydrogens (tertiary/aromatic N) is 1. The highest BCUT2D eigenvalue weighted by Crippen LogP contribution is 2.32. The molecule has 0 bridgehead atoms. The lowest BCUT2D eigenvalue weighted by Gasteiger charge is -2.32. The average molecular weight is 282 g/mol. The third kappa shape index (κ3) is 2.86. The first-order valence-electron chi connectivity index (χ1n) is 6.28. The molecule has 1 aromatic carbocycles. The largest absolute Gasteiger partial charge is 0.303 e. The zero-order valence-corrected chi connectivity index (χ0v) is 11.5. The van der Waals surface area contributed by atoms with Crippen LogP contribution in [-0.4, -0.2) is 24.5 Å². The van der Waals surface area contributed by atoms with Crippen LogP contribution in [0.25, 0.3) is 0 Å². The smallest absolute Gasteiger partial charge is 0.0210 e. The van der Waals surface area contributed by atoms with Gasteiger partial charge in [-0.15, -0.1) is 0 Å². The molecule has 16 heavy (non-hydrogen) atoms. The molecule has 1 saturated heterocycles. The summed E-state index contributed by atoms with van der Waals surface area (Å²) < 4.78 is 1.28. The van der Waals surface area contributed by atoms with Crippen LogP contribution in [0.1, 0.15) is 37.7 Å². The standard InChI is InChI=1S/C14H20BrN/c1-2-9-16-10-7-12(8-11-16)13-5-3-4-6-14(13)15/h3-6,12H,2,7-11H2,1H3. The molecule has 1 fully saturated rings. The quantitative estimate of drug-likeness (QED) is 0.808. The molecular weight excluding hydrogens is 262 g/mol. The van der Waals surface area contributed by atoms with E-state index in [0.717, 1.165) is 5.92 Å². The first-order valence-corrected chi connectivity index (χ1v) is 7.07. The summed E-state index contributed by atoms with van der Waals surface area (Å²) in [6.45, 7) is 6.06. The molecule has 1 aliphatic rings. The van der Waals surface area contributed by atoms with Crippen LogP contribution in [-0.2, 0) is 0 Å². The molecule has 1 aromatic rings. The van der Waals surface area contributed by atoms with E-state index in [0.29, 0.717) is 0 Å². The third-order valence-corrected chi connectivity index (χ3v) is 4.19. The van der Waals surface area contributed by atoms with Crippen molar-refractivity contribution in [3.05, 3.63) is 34.3 Å². The Morgan fingerprint density at radius 2 is 1.94 bits per heavy atom. The summed E-state index contributed by atoms with van der Waals surface area (Å²) in [4.78, 5) is 2.59. The van der Waals surface area contributed by atoms with E-state index < -0.39 is 0 Å². The normalized spacial score (nSPS) is 18.9. The van der Waals surface area contributed by atoms with Crippen LogP contribution >= 0.6 is 15.9 Å².